The van der Waals surface area contributed by atoms with Gasteiger partial charge in [-0.3, -0.25) is 9.59 Å². The number of Topliss-reactive ketones (excluding diaryl/α,β-unsaturated/α-hetero) is 1. The minimum atomic E-state index is 0.0580. The molecule has 1 amide bonds. The number of piperidine rings is 2. The highest BCUT2D eigenvalue weighted by Crippen LogP contribution is 2.35. The molecule has 2 atom stereocenters. The summed E-state index contributed by atoms with van der Waals surface area (Å²) in [5, 5.41) is 0. The van der Waals surface area contributed by atoms with E-state index in [9.17, 15) is 9.59 Å². The summed E-state index contributed by atoms with van der Waals surface area (Å²) in [6.07, 6.45) is 6.08. The average Bonchev–Trinajstić information content (AvgIpc) is 2.57. The molecule has 3 aliphatic rings. The van der Waals surface area contributed by atoms with Crippen LogP contribution in [0.3, 0.4) is 0 Å². The SMILES string of the molecule is CN1C2CCCC1CC(N1CC(=O)CC1=O)C2. The van der Waals surface area contributed by atoms with Crippen LogP contribution in [0.1, 0.15) is 38.5 Å². The largest absolute Gasteiger partial charge is 0.332 e. The van der Waals surface area contributed by atoms with E-state index < -0.39 is 0 Å². The maximum atomic E-state index is 11.8. The van der Waals surface area contributed by atoms with E-state index in [4.69, 9.17) is 0 Å². The second-order valence-corrected chi connectivity index (χ2v) is 5.77. The Morgan fingerprint density at radius 3 is 2.24 bits per heavy atom. The van der Waals surface area contributed by atoms with Gasteiger partial charge in [0, 0.05) is 18.1 Å². The second-order valence-electron chi connectivity index (χ2n) is 5.77. The summed E-state index contributed by atoms with van der Waals surface area (Å²) in [5.74, 6) is 0.154. The quantitative estimate of drug-likeness (QED) is 0.632. The maximum Gasteiger partial charge on any atom is 0.230 e. The third-order valence-corrected chi connectivity index (χ3v) is 4.77. The van der Waals surface area contributed by atoms with Crippen molar-refractivity contribution in [2.75, 3.05) is 13.6 Å². The number of hydrogen-bond acceptors (Lipinski definition) is 3. The Morgan fingerprint density at radius 1 is 1.06 bits per heavy atom. The number of ketones is 1. The average molecular weight is 236 g/mol. The molecule has 94 valence electrons. The summed E-state index contributed by atoms with van der Waals surface area (Å²) < 4.78 is 0. The van der Waals surface area contributed by atoms with E-state index >= 15 is 0 Å². The number of carbonyl (C=O) groups excluding carboxylic acids is 2. The van der Waals surface area contributed by atoms with Crippen LogP contribution in [0.15, 0.2) is 0 Å². The van der Waals surface area contributed by atoms with Crippen molar-refractivity contribution in [2.24, 2.45) is 0 Å². The Bertz CT molecular complexity index is 341. The first-order valence-corrected chi connectivity index (χ1v) is 6.68. The standard InChI is InChI=1S/C13H20N2O2/c1-14-9-3-2-4-10(14)6-11(5-9)15-8-12(16)7-13(15)17/h9-11H,2-8H2,1H3. The van der Waals surface area contributed by atoms with Crippen LogP contribution in [0.5, 0.6) is 0 Å². The Kier molecular flexibility index (Phi) is 2.69. The second kappa shape index (κ2) is 4.09. The fraction of sp³-hybridized carbons (Fsp3) is 0.846. The van der Waals surface area contributed by atoms with Crippen molar-refractivity contribution in [2.45, 2.75) is 56.7 Å². The molecule has 0 spiro atoms. The van der Waals surface area contributed by atoms with E-state index in [2.05, 4.69) is 11.9 Å². The summed E-state index contributed by atoms with van der Waals surface area (Å²) in [5.41, 5.74) is 0. The third-order valence-electron chi connectivity index (χ3n) is 4.77. The predicted octanol–water partition coefficient (Wildman–Crippen LogP) is 0.803. The molecule has 3 rings (SSSR count). The molecule has 4 nitrogen and oxygen atoms in total. The molecule has 4 heteroatoms. The lowest BCUT2D eigenvalue weighted by atomic mass is 9.82. The zero-order valence-electron chi connectivity index (χ0n) is 10.4. The van der Waals surface area contributed by atoms with Gasteiger partial charge in [0.25, 0.3) is 0 Å². The van der Waals surface area contributed by atoms with Crippen LogP contribution in [0.25, 0.3) is 0 Å². The molecule has 2 bridgehead atoms. The van der Waals surface area contributed by atoms with Gasteiger partial charge in [-0.25, -0.2) is 0 Å². The van der Waals surface area contributed by atoms with Gasteiger partial charge in [-0.2, -0.15) is 0 Å². The van der Waals surface area contributed by atoms with Crippen molar-refractivity contribution in [3.8, 4) is 0 Å². The lowest BCUT2D eigenvalue weighted by molar-refractivity contribution is -0.131. The van der Waals surface area contributed by atoms with Crippen molar-refractivity contribution < 1.29 is 9.59 Å². The molecule has 0 aliphatic carbocycles. The normalized spacial score (nSPS) is 38.9. The fourth-order valence-corrected chi connectivity index (χ4v) is 3.78. The van der Waals surface area contributed by atoms with E-state index in [1.54, 1.807) is 0 Å². The first-order chi connectivity index (χ1) is 8.15. The van der Waals surface area contributed by atoms with E-state index in [-0.39, 0.29) is 18.1 Å². The molecule has 0 saturated carbocycles. The smallest absolute Gasteiger partial charge is 0.230 e. The minimum absolute atomic E-state index is 0.0580. The van der Waals surface area contributed by atoms with E-state index in [0.29, 0.717) is 24.7 Å². The number of amides is 1. The molecule has 2 unspecified atom stereocenters. The topological polar surface area (TPSA) is 40.6 Å². The van der Waals surface area contributed by atoms with Gasteiger partial charge >= 0.3 is 0 Å². The minimum Gasteiger partial charge on any atom is -0.332 e. The van der Waals surface area contributed by atoms with Crippen LogP contribution in [0, 0.1) is 0 Å². The van der Waals surface area contributed by atoms with Crippen molar-refractivity contribution >= 4 is 11.7 Å². The molecule has 0 aromatic rings. The van der Waals surface area contributed by atoms with E-state index in [1.165, 1.54) is 19.3 Å². The van der Waals surface area contributed by atoms with Crippen LogP contribution in [-0.4, -0.2) is 53.2 Å². The van der Waals surface area contributed by atoms with Crippen molar-refractivity contribution in [1.82, 2.24) is 9.80 Å². The van der Waals surface area contributed by atoms with Gasteiger partial charge in [-0.05, 0) is 32.7 Å². The van der Waals surface area contributed by atoms with Crippen molar-refractivity contribution in [1.29, 1.82) is 0 Å². The Hall–Kier alpha value is -0.900. The first kappa shape index (κ1) is 11.2. The van der Waals surface area contributed by atoms with Gasteiger partial charge in [0.2, 0.25) is 5.91 Å². The molecule has 0 aromatic carbocycles. The van der Waals surface area contributed by atoms with Gasteiger partial charge in [-0.1, -0.05) is 6.42 Å². The predicted molar refractivity (Wildman–Crippen MR) is 63.5 cm³/mol. The molecule has 17 heavy (non-hydrogen) atoms. The molecule has 3 aliphatic heterocycles. The fourth-order valence-electron chi connectivity index (χ4n) is 3.78. The zero-order valence-corrected chi connectivity index (χ0v) is 10.4. The monoisotopic (exact) mass is 236 g/mol. The van der Waals surface area contributed by atoms with Crippen LogP contribution < -0.4 is 0 Å². The molecule has 0 N–H and O–H groups in total. The summed E-state index contributed by atoms with van der Waals surface area (Å²) in [6.45, 7) is 0.368. The molecule has 3 saturated heterocycles. The highest BCUT2D eigenvalue weighted by atomic mass is 16.2. The maximum absolute atomic E-state index is 11.8. The van der Waals surface area contributed by atoms with Crippen LogP contribution >= 0.6 is 0 Å². The molecular weight excluding hydrogens is 216 g/mol. The Balaban J connectivity index is 1.73. The van der Waals surface area contributed by atoms with E-state index in [1.807, 2.05) is 4.90 Å². The lowest BCUT2D eigenvalue weighted by Gasteiger charge is -2.49. The number of likely N-dealkylation sites (tertiary alicyclic amines) is 1. The van der Waals surface area contributed by atoms with E-state index in [0.717, 1.165) is 12.8 Å². The van der Waals surface area contributed by atoms with Gasteiger partial charge in [0.15, 0.2) is 5.78 Å². The van der Waals surface area contributed by atoms with Gasteiger partial charge in [0.1, 0.15) is 0 Å². The van der Waals surface area contributed by atoms with Gasteiger partial charge in [-0.15, -0.1) is 0 Å². The number of fused-ring (bicyclic) bond motifs is 2. The highest BCUT2D eigenvalue weighted by molar-refractivity contribution is 6.05. The Labute approximate surface area is 102 Å². The molecule has 0 radical (unpaired) electrons. The Morgan fingerprint density at radius 2 is 1.71 bits per heavy atom. The van der Waals surface area contributed by atoms with Crippen LogP contribution in [0.2, 0.25) is 0 Å². The summed E-state index contributed by atoms with van der Waals surface area (Å²) >= 11 is 0. The number of nitrogens with zero attached hydrogens (tertiary/aromatic N) is 2. The zero-order chi connectivity index (χ0) is 12.0. The summed E-state index contributed by atoms with van der Waals surface area (Å²) in [7, 11) is 2.21. The van der Waals surface area contributed by atoms with Crippen LogP contribution in [-0.2, 0) is 9.59 Å². The number of carbonyl (C=O) groups is 2. The van der Waals surface area contributed by atoms with Crippen LogP contribution in [0.4, 0.5) is 0 Å². The van der Waals surface area contributed by atoms with Crippen molar-refractivity contribution in [3.63, 3.8) is 0 Å². The van der Waals surface area contributed by atoms with Gasteiger partial charge < -0.3 is 9.80 Å². The molecule has 0 aromatic heterocycles. The summed E-state index contributed by atoms with van der Waals surface area (Å²) in [6, 6.07) is 1.56. The third kappa shape index (κ3) is 1.88. The lowest BCUT2D eigenvalue weighted by Crippen LogP contribution is -2.55. The molecular formula is C13H20N2O2. The highest BCUT2D eigenvalue weighted by Gasteiger charge is 2.41. The first-order valence-electron chi connectivity index (χ1n) is 6.68. The van der Waals surface area contributed by atoms with Crippen molar-refractivity contribution in [3.05, 3.63) is 0 Å². The van der Waals surface area contributed by atoms with Gasteiger partial charge in [0.05, 0.1) is 13.0 Å². The number of rotatable bonds is 1. The molecule has 3 heterocycles. The molecule has 3 fully saturated rings. The summed E-state index contributed by atoms with van der Waals surface area (Å²) in [4.78, 5) is 27.5. The number of hydrogen-bond donors (Lipinski definition) is 0.